The molecule has 22 heavy (non-hydrogen) atoms. The molecule has 3 rings (SSSR count). The molecule has 5 heteroatoms. The van der Waals surface area contributed by atoms with E-state index in [0.717, 1.165) is 38.0 Å². The van der Waals surface area contributed by atoms with Crippen LogP contribution in [0.25, 0.3) is 0 Å². The van der Waals surface area contributed by atoms with Crippen LogP contribution in [0.4, 0.5) is 0 Å². The lowest BCUT2D eigenvalue weighted by atomic mass is 9.62. The fourth-order valence-corrected chi connectivity index (χ4v) is 5.39. The highest BCUT2D eigenvalue weighted by atomic mass is 32.1. The van der Waals surface area contributed by atoms with E-state index in [0.29, 0.717) is 0 Å². The van der Waals surface area contributed by atoms with Gasteiger partial charge < -0.3 is 5.73 Å². The predicted molar refractivity (Wildman–Crippen MR) is 89.8 cm³/mol. The molecule has 2 atom stereocenters. The summed E-state index contributed by atoms with van der Waals surface area (Å²) in [4.78, 5) is 20.6. The zero-order valence-electron chi connectivity index (χ0n) is 13.2. The highest BCUT2D eigenvalue weighted by Gasteiger charge is 2.60. The Morgan fingerprint density at radius 1 is 1.50 bits per heavy atom. The Morgan fingerprint density at radius 3 is 2.86 bits per heavy atom. The van der Waals surface area contributed by atoms with Crippen molar-refractivity contribution >= 4 is 17.2 Å². The minimum absolute atomic E-state index is 0.209. The number of carbonyl (C=O) groups is 1. The second kappa shape index (κ2) is 5.63. The molecule has 1 aliphatic heterocycles. The molecule has 1 saturated heterocycles. The molecule has 2 aliphatic rings. The van der Waals surface area contributed by atoms with Crippen molar-refractivity contribution in [2.75, 3.05) is 13.1 Å². The Kier molecular flexibility index (Phi) is 3.95. The van der Waals surface area contributed by atoms with Crippen LogP contribution in [0.3, 0.4) is 0 Å². The number of allylic oxidation sites excluding steroid dienone is 3. The van der Waals surface area contributed by atoms with Crippen molar-refractivity contribution in [2.45, 2.75) is 44.1 Å². The number of likely N-dealkylation sites (tertiary alicyclic amines) is 1. The van der Waals surface area contributed by atoms with Gasteiger partial charge in [0, 0.05) is 4.88 Å². The van der Waals surface area contributed by atoms with Crippen molar-refractivity contribution in [1.82, 2.24) is 9.88 Å². The summed E-state index contributed by atoms with van der Waals surface area (Å²) in [7, 11) is 0. The number of rotatable bonds is 4. The quantitative estimate of drug-likeness (QED) is 0.928. The molecule has 118 valence electrons. The van der Waals surface area contributed by atoms with Gasteiger partial charge in [-0.1, -0.05) is 31.2 Å². The molecular formula is C17H23N3OS. The van der Waals surface area contributed by atoms with Crippen LogP contribution in [0.1, 0.15) is 36.8 Å². The number of primary amides is 1. The molecule has 1 aliphatic carbocycles. The van der Waals surface area contributed by atoms with Crippen LogP contribution in [0.15, 0.2) is 29.8 Å². The van der Waals surface area contributed by atoms with Crippen molar-refractivity contribution in [3.8, 4) is 0 Å². The first-order valence-electron chi connectivity index (χ1n) is 7.88. The van der Waals surface area contributed by atoms with E-state index in [-0.39, 0.29) is 5.91 Å². The molecule has 2 N–H and O–H groups in total. The van der Waals surface area contributed by atoms with E-state index < -0.39 is 11.0 Å². The summed E-state index contributed by atoms with van der Waals surface area (Å²) in [6, 6.07) is 0. The highest BCUT2D eigenvalue weighted by molar-refractivity contribution is 7.10. The number of hydrogen-bond donors (Lipinski definition) is 1. The second-order valence-corrected chi connectivity index (χ2v) is 6.99. The van der Waals surface area contributed by atoms with Crippen LogP contribution in [0.2, 0.25) is 0 Å². The summed E-state index contributed by atoms with van der Waals surface area (Å²) >= 11 is 1.64. The summed E-state index contributed by atoms with van der Waals surface area (Å²) in [5.41, 5.74) is 7.85. The number of nitrogens with zero attached hydrogens (tertiary/aromatic N) is 2. The highest BCUT2D eigenvalue weighted by Crippen LogP contribution is 2.52. The van der Waals surface area contributed by atoms with Gasteiger partial charge in [-0.2, -0.15) is 0 Å². The van der Waals surface area contributed by atoms with Crippen molar-refractivity contribution < 1.29 is 4.79 Å². The van der Waals surface area contributed by atoms with E-state index in [1.165, 1.54) is 4.88 Å². The third-order valence-corrected chi connectivity index (χ3v) is 6.36. The number of thiazole rings is 1. The predicted octanol–water partition coefficient (Wildman–Crippen LogP) is 2.55. The molecule has 0 bridgehead atoms. The fourth-order valence-electron chi connectivity index (χ4n) is 4.32. The van der Waals surface area contributed by atoms with E-state index in [2.05, 4.69) is 41.1 Å². The number of hydrogen-bond acceptors (Lipinski definition) is 4. The summed E-state index contributed by atoms with van der Waals surface area (Å²) in [6.07, 6.45) is 11.1. The van der Waals surface area contributed by atoms with Crippen LogP contribution >= 0.6 is 11.3 Å². The largest absolute Gasteiger partial charge is 0.368 e. The van der Waals surface area contributed by atoms with E-state index in [1.54, 1.807) is 11.3 Å². The molecule has 0 saturated carbocycles. The number of carbonyl (C=O) groups excluding carboxylic acids is 1. The summed E-state index contributed by atoms with van der Waals surface area (Å²) in [5, 5.41) is 0. The molecule has 1 fully saturated rings. The van der Waals surface area contributed by atoms with E-state index in [1.807, 2.05) is 12.4 Å². The van der Waals surface area contributed by atoms with Crippen molar-refractivity contribution in [1.29, 1.82) is 0 Å². The van der Waals surface area contributed by atoms with Gasteiger partial charge in [0.2, 0.25) is 5.91 Å². The monoisotopic (exact) mass is 317 g/mol. The molecule has 1 unspecified atom stereocenters. The molecule has 2 heterocycles. The van der Waals surface area contributed by atoms with Gasteiger partial charge in [-0.15, -0.1) is 11.3 Å². The number of likely N-dealkylation sites (N-methyl/N-ethyl adjacent to an activating group) is 1. The van der Waals surface area contributed by atoms with Crippen molar-refractivity contribution in [2.24, 2.45) is 5.73 Å². The Hall–Kier alpha value is -1.46. The van der Waals surface area contributed by atoms with Gasteiger partial charge in [0.15, 0.2) is 0 Å². The van der Waals surface area contributed by atoms with Gasteiger partial charge in [-0.3, -0.25) is 9.69 Å². The number of amides is 1. The van der Waals surface area contributed by atoms with Gasteiger partial charge in [-0.25, -0.2) is 4.98 Å². The average Bonchev–Trinajstić information content (AvgIpc) is 3.14. The maximum Gasteiger partial charge on any atom is 0.239 e. The Labute approximate surface area is 135 Å². The Balaban J connectivity index is 2.25. The summed E-state index contributed by atoms with van der Waals surface area (Å²) in [6.45, 7) is 5.90. The first-order chi connectivity index (χ1) is 10.6. The van der Waals surface area contributed by atoms with Gasteiger partial charge in [-0.05, 0) is 39.3 Å². The average molecular weight is 317 g/mol. The van der Waals surface area contributed by atoms with Gasteiger partial charge in [0.25, 0.3) is 0 Å². The molecule has 1 aromatic rings. The lowest BCUT2D eigenvalue weighted by Gasteiger charge is -2.50. The number of aromatic nitrogens is 1. The zero-order valence-corrected chi connectivity index (χ0v) is 14.0. The third-order valence-electron chi connectivity index (χ3n) is 5.25. The van der Waals surface area contributed by atoms with E-state index in [9.17, 15) is 4.79 Å². The molecule has 4 nitrogen and oxygen atoms in total. The van der Waals surface area contributed by atoms with Crippen LogP contribution < -0.4 is 5.73 Å². The molecule has 1 amide bonds. The lowest BCUT2D eigenvalue weighted by Crippen LogP contribution is -2.65. The van der Waals surface area contributed by atoms with Gasteiger partial charge in [0.1, 0.15) is 5.54 Å². The topological polar surface area (TPSA) is 59.2 Å². The van der Waals surface area contributed by atoms with Gasteiger partial charge in [0.05, 0.1) is 16.6 Å². The van der Waals surface area contributed by atoms with E-state index >= 15 is 0 Å². The fraction of sp³-hybridized carbons (Fsp3) is 0.529. The molecule has 0 spiro atoms. The van der Waals surface area contributed by atoms with E-state index in [4.69, 9.17) is 5.73 Å². The Bertz CT molecular complexity index is 636. The van der Waals surface area contributed by atoms with Gasteiger partial charge >= 0.3 is 0 Å². The molecule has 0 radical (unpaired) electrons. The number of nitrogens with two attached hydrogens (primary N) is 1. The van der Waals surface area contributed by atoms with Crippen molar-refractivity contribution in [3.63, 3.8) is 0 Å². The maximum absolute atomic E-state index is 12.7. The maximum atomic E-state index is 12.7. The molecule has 1 aromatic heterocycles. The smallest absolute Gasteiger partial charge is 0.239 e. The minimum atomic E-state index is -0.652. The summed E-state index contributed by atoms with van der Waals surface area (Å²) in [5.74, 6) is -0.209. The minimum Gasteiger partial charge on any atom is -0.368 e. The third kappa shape index (κ3) is 1.92. The first-order valence-corrected chi connectivity index (χ1v) is 8.76. The standard InChI is InChI=1S/C17H23N3OS/c1-3-20-11-7-10-17(20,15(18)21)16(8-5-4-6-9-16)14-13(2)19-12-22-14/h4-6,8,12H,3,7,9-11H2,1-2H3,(H2,18,21)/t16?,17-/m1/s1. The van der Waals surface area contributed by atoms with Crippen molar-refractivity contribution in [3.05, 3.63) is 40.4 Å². The molecule has 0 aromatic carbocycles. The normalized spacial score (nSPS) is 31.7. The van der Waals surface area contributed by atoms with Crippen LogP contribution in [-0.4, -0.2) is 34.4 Å². The summed E-state index contributed by atoms with van der Waals surface area (Å²) < 4.78 is 0. The van der Waals surface area contributed by atoms with Crippen LogP contribution in [-0.2, 0) is 10.2 Å². The van der Waals surface area contributed by atoms with Crippen LogP contribution in [0, 0.1) is 6.92 Å². The first kappa shape index (κ1) is 15.4. The zero-order chi connectivity index (χ0) is 15.8. The lowest BCUT2D eigenvalue weighted by molar-refractivity contribution is -0.132. The van der Waals surface area contributed by atoms with Crippen LogP contribution in [0.5, 0.6) is 0 Å². The Morgan fingerprint density at radius 2 is 2.32 bits per heavy atom. The number of aryl methyl sites for hydroxylation is 1. The second-order valence-electron chi connectivity index (χ2n) is 6.14. The molecular weight excluding hydrogens is 294 g/mol. The SMILES string of the molecule is CCN1CCC[C@@]1(C(N)=O)C1(c2scnc2C)C=CC=CC1.